The van der Waals surface area contributed by atoms with Gasteiger partial charge in [-0.05, 0) is 42.5 Å². The first-order valence-electron chi connectivity index (χ1n) is 5.43. The Morgan fingerprint density at radius 1 is 1.00 bits per heavy atom. The summed E-state index contributed by atoms with van der Waals surface area (Å²) < 4.78 is 0. The van der Waals surface area contributed by atoms with Gasteiger partial charge < -0.3 is 10.7 Å². The number of nitrogens with one attached hydrogen (secondary N) is 2. The number of nitrogen functional groups attached to an aromatic ring is 1. The zero-order valence-corrected chi connectivity index (χ0v) is 11.3. The zero-order chi connectivity index (χ0) is 13.8. The van der Waals surface area contributed by atoms with Crippen LogP contribution in [0.2, 0.25) is 10.0 Å². The minimum absolute atomic E-state index is 0.308. The SMILES string of the molecule is NNc1ccc(Cl)cc1C(=O)Nc1ccc(Cl)cc1. The second-order valence-electron chi connectivity index (χ2n) is 3.80. The van der Waals surface area contributed by atoms with E-state index < -0.39 is 0 Å². The summed E-state index contributed by atoms with van der Waals surface area (Å²) in [4.78, 5) is 12.1. The lowest BCUT2D eigenvalue weighted by molar-refractivity contribution is 0.102. The summed E-state index contributed by atoms with van der Waals surface area (Å²) in [5.41, 5.74) is 3.96. The molecule has 0 atom stereocenters. The van der Waals surface area contributed by atoms with Crippen LogP contribution in [0.15, 0.2) is 42.5 Å². The number of halogens is 2. The quantitative estimate of drug-likeness (QED) is 0.599. The van der Waals surface area contributed by atoms with Gasteiger partial charge in [-0.3, -0.25) is 10.6 Å². The van der Waals surface area contributed by atoms with Crippen molar-refractivity contribution in [2.75, 3.05) is 10.7 Å². The molecule has 0 saturated heterocycles. The van der Waals surface area contributed by atoms with Crippen molar-refractivity contribution in [2.24, 2.45) is 5.84 Å². The van der Waals surface area contributed by atoms with Gasteiger partial charge in [-0.15, -0.1) is 0 Å². The summed E-state index contributed by atoms with van der Waals surface area (Å²) >= 11 is 11.7. The molecule has 0 heterocycles. The number of carbonyl (C=O) groups is 1. The lowest BCUT2D eigenvalue weighted by Crippen LogP contribution is -2.17. The van der Waals surface area contributed by atoms with E-state index in [0.717, 1.165) is 0 Å². The zero-order valence-electron chi connectivity index (χ0n) is 9.78. The Morgan fingerprint density at radius 2 is 1.63 bits per heavy atom. The normalized spacial score (nSPS) is 10.1. The maximum atomic E-state index is 12.1. The minimum atomic E-state index is -0.308. The molecule has 0 aromatic heterocycles. The summed E-state index contributed by atoms with van der Waals surface area (Å²) in [5.74, 6) is 5.05. The van der Waals surface area contributed by atoms with Crippen LogP contribution in [0.5, 0.6) is 0 Å². The van der Waals surface area contributed by atoms with E-state index in [1.165, 1.54) is 0 Å². The Morgan fingerprint density at radius 3 is 2.26 bits per heavy atom. The maximum absolute atomic E-state index is 12.1. The van der Waals surface area contributed by atoms with Gasteiger partial charge >= 0.3 is 0 Å². The van der Waals surface area contributed by atoms with Crippen LogP contribution in [0.3, 0.4) is 0 Å². The Bertz CT molecular complexity index is 599. The first-order valence-corrected chi connectivity index (χ1v) is 6.19. The average Bonchev–Trinajstić information content (AvgIpc) is 2.41. The van der Waals surface area contributed by atoms with E-state index in [4.69, 9.17) is 29.0 Å². The topological polar surface area (TPSA) is 67.1 Å². The fourth-order valence-corrected chi connectivity index (χ4v) is 1.86. The van der Waals surface area contributed by atoms with Crippen LogP contribution >= 0.6 is 23.2 Å². The van der Waals surface area contributed by atoms with E-state index in [1.807, 2.05) is 0 Å². The van der Waals surface area contributed by atoms with E-state index in [2.05, 4.69) is 10.7 Å². The monoisotopic (exact) mass is 295 g/mol. The van der Waals surface area contributed by atoms with Gasteiger partial charge in [0, 0.05) is 15.7 Å². The Hall–Kier alpha value is -1.75. The van der Waals surface area contributed by atoms with Crippen LogP contribution in [0, 0.1) is 0 Å². The van der Waals surface area contributed by atoms with Crippen molar-refractivity contribution in [1.29, 1.82) is 0 Å². The molecule has 4 nitrogen and oxygen atoms in total. The fraction of sp³-hybridized carbons (Fsp3) is 0. The average molecular weight is 296 g/mol. The lowest BCUT2D eigenvalue weighted by Gasteiger charge is -2.10. The van der Waals surface area contributed by atoms with Gasteiger partial charge in [0.15, 0.2) is 0 Å². The Balaban J connectivity index is 2.24. The molecule has 0 saturated carbocycles. The van der Waals surface area contributed by atoms with E-state index >= 15 is 0 Å². The van der Waals surface area contributed by atoms with Crippen LogP contribution < -0.4 is 16.6 Å². The predicted octanol–water partition coefficient (Wildman–Crippen LogP) is 3.53. The molecule has 2 rings (SSSR count). The van der Waals surface area contributed by atoms with Crippen molar-refractivity contribution in [3.63, 3.8) is 0 Å². The van der Waals surface area contributed by atoms with Gasteiger partial charge in [-0.1, -0.05) is 23.2 Å². The van der Waals surface area contributed by atoms with E-state index in [9.17, 15) is 4.79 Å². The van der Waals surface area contributed by atoms with Crippen LogP contribution in [0.25, 0.3) is 0 Å². The summed E-state index contributed by atoms with van der Waals surface area (Å²) in [7, 11) is 0. The predicted molar refractivity (Wildman–Crippen MR) is 78.7 cm³/mol. The van der Waals surface area contributed by atoms with Crippen molar-refractivity contribution < 1.29 is 4.79 Å². The number of hydrazine groups is 1. The minimum Gasteiger partial charge on any atom is -0.323 e. The van der Waals surface area contributed by atoms with Gasteiger partial charge in [0.05, 0.1) is 11.3 Å². The smallest absolute Gasteiger partial charge is 0.257 e. The molecule has 2 aromatic carbocycles. The second kappa shape index (κ2) is 5.93. The highest BCUT2D eigenvalue weighted by Gasteiger charge is 2.11. The maximum Gasteiger partial charge on any atom is 0.257 e. The summed E-state index contributed by atoms with van der Waals surface area (Å²) in [6.45, 7) is 0. The molecule has 98 valence electrons. The third-order valence-corrected chi connectivity index (χ3v) is 2.97. The van der Waals surface area contributed by atoms with Crippen molar-refractivity contribution in [1.82, 2.24) is 0 Å². The standard InChI is InChI=1S/C13H11Cl2N3O/c14-8-1-4-10(5-2-8)17-13(19)11-7-9(15)3-6-12(11)18-16/h1-7,18H,16H2,(H,17,19). The first kappa shape index (κ1) is 13.7. The molecule has 4 N–H and O–H groups in total. The van der Waals surface area contributed by atoms with Crippen LogP contribution in [0.4, 0.5) is 11.4 Å². The van der Waals surface area contributed by atoms with Gasteiger partial charge in [-0.2, -0.15) is 0 Å². The molecule has 0 fully saturated rings. The highest BCUT2D eigenvalue weighted by molar-refractivity contribution is 6.31. The van der Waals surface area contributed by atoms with Crippen molar-refractivity contribution in [3.8, 4) is 0 Å². The van der Waals surface area contributed by atoms with Crippen molar-refractivity contribution in [2.45, 2.75) is 0 Å². The molecule has 1 amide bonds. The fourth-order valence-electron chi connectivity index (χ4n) is 1.56. The largest absolute Gasteiger partial charge is 0.323 e. The Labute approximate surface area is 120 Å². The third-order valence-electron chi connectivity index (χ3n) is 2.48. The third kappa shape index (κ3) is 3.38. The van der Waals surface area contributed by atoms with Gasteiger partial charge in [0.2, 0.25) is 0 Å². The molecule has 0 aliphatic carbocycles. The molecule has 0 bridgehead atoms. The second-order valence-corrected chi connectivity index (χ2v) is 4.67. The number of amides is 1. The van der Waals surface area contributed by atoms with Gasteiger partial charge in [0.1, 0.15) is 0 Å². The van der Waals surface area contributed by atoms with E-state index in [0.29, 0.717) is 27.0 Å². The summed E-state index contributed by atoms with van der Waals surface area (Å²) in [6.07, 6.45) is 0. The van der Waals surface area contributed by atoms with Crippen molar-refractivity contribution in [3.05, 3.63) is 58.1 Å². The highest BCUT2D eigenvalue weighted by Crippen LogP contribution is 2.21. The summed E-state index contributed by atoms with van der Waals surface area (Å²) in [5, 5.41) is 3.80. The van der Waals surface area contributed by atoms with Gasteiger partial charge in [0.25, 0.3) is 5.91 Å². The number of hydrogen-bond donors (Lipinski definition) is 3. The lowest BCUT2D eigenvalue weighted by atomic mass is 10.1. The van der Waals surface area contributed by atoms with E-state index in [-0.39, 0.29) is 5.91 Å². The molecule has 19 heavy (non-hydrogen) atoms. The van der Waals surface area contributed by atoms with Gasteiger partial charge in [-0.25, -0.2) is 0 Å². The number of rotatable bonds is 3. The molecular weight excluding hydrogens is 285 g/mol. The summed E-state index contributed by atoms with van der Waals surface area (Å²) in [6, 6.07) is 11.6. The molecule has 6 heteroatoms. The van der Waals surface area contributed by atoms with Crippen LogP contribution in [-0.2, 0) is 0 Å². The molecule has 0 aliphatic rings. The number of nitrogens with two attached hydrogens (primary N) is 1. The number of carbonyl (C=O) groups excluding carboxylic acids is 1. The van der Waals surface area contributed by atoms with Crippen LogP contribution in [-0.4, -0.2) is 5.91 Å². The Kier molecular flexibility index (Phi) is 4.27. The van der Waals surface area contributed by atoms with Crippen LogP contribution in [0.1, 0.15) is 10.4 Å². The molecule has 2 aromatic rings. The molecular formula is C13H11Cl2N3O. The highest BCUT2D eigenvalue weighted by atomic mass is 35.5. The molecule has 0 aliphatic heterocycles. The van der Waals surface area contributed by atoms with Crippen molar-refractivity contribution >= 4 is 40.5 Å². The molecule has 0 unspecified atom stereocenters. The van der Waals surface area contributed by atoms with E-state index in [1.54, 1.807) is 42.5 Å². The molecule has 0 radical (unpaired) electrons. The first-order chi connectivity index (χ1) is 9.10. The number of benzene rings is 2. The number of anilines is 2. The molecule has 0 spiro atoms. The number of hydrogen-bond acceptors (Lipinski definition) is 3.